The predicted octanol–water partition coefficient (Wildman–Crippen LogP) is 12.1. The van der Waals surface area contributed by atoms with Crippen LogP contribution in [0.2, 0.25) is 0 Å². The van der Waals surface area contributed by atoms with Crippen LogP contribution in [0.5, 0.6) is 0 Å². The molecule has 5 rings (SSSR count). The number of benzene rings is 1. The highest BCUT2D eigenvalue weighted by Crippen LogP contribution is 2.54. The first-order valence-electron chi connectivity index (χ1n) is 15.6. The van der Waals surface area contributed by atoms with E-state index in [-0.39, 0.29) is 57.7 Å². The molecule has 1 aromatic carbocycles. The molecule has 2 fully saturated rings. The first kappa shape index (κ1) is 33.9. The van der Waals surface area contributed by atoms with E-state index in [1.54, 1.807) is 22.6 Å². The lowest BCUT2D eigenvalue weighted by Crippen LogP contribution is -2.35. The maximum Gasteiger partial charge on any atom is 0.391 e. The molecule has 4 aliphatic rings. The van der Waals surface area contributed by atoms with Gasteiger partial charge in [0.15, 0.2) is 17.8 Å². The normalized spacial score (nSPS) is 35.7. The number of rotatable bonds is 4. The topological polar surface area (TPSA) is 0 Å². The van der Waals surface area contributed by atoms with Crippen molar-refractivity contribution in [1.29, 1.82) is 0 Å². The molecule has 44 heavy (non-hydrogen) atoms. The molecule has 2 saturated carbocycles. The van der Waals surface area contributed by atoms with Gasteiger partial charge in [-0.1, -0.05) is 25.5 Å². The Morgan fingerprint density at radius 3 is 2.09 bits per heavy atom. The van der Waals surface area contributed by atoms with E-state index in [9.17, 15) is 30.7 Å². The summed E-state index contributed by atoms with van der Waals surface area (Å²) in [6.07, 6.45) is -0.402. The van der Waals surface area contributed by atoms with Gasteiger partial charge >= 0.3 is 6.18 Å². The summed E-state index contributed by atoms with van der Waals surface area (Å²) in [4.78, 5) is 0. The van der Waals surface area contributed by atoms with E-state index in [1.807, 2.05) is 6.92 Å². The minimum atomic E-state index is -4.21. The van der Waals surface area contributed by atoms with Gasteiger partial charge in [-0.15, -0.1) is 0 Å². The highest BCUT2D eigenvalue weighted by molar-refractivity contribution is 14.1. The van der Waals surface area contributed by atoms with Crippen LogP contribution >= 0.6 is 22.6 Å². The molecule has 244 valence electrons. The molecule has 0 aliphatic heterocycles. The summed E-state index contributed by atoms with van der Waals surface area (Å²) < 4.78 is 130. The lowest BCUT2D eigenvalue weighted by atomic mass is 9.63. The lowest BCUT2D eigenvalue weighted by Gasteiger charge is -2.42. The van der Waals surface area contributed by atoms with Gasteiger partial charge in [-0.2, -0.15) is 13.2 Å². The van der Waals surface area contributed by atoms with E-state index in [1.165, 1.54) is 6.92 Å². The standard InChI is InChI=1S/C34H38F9I/c1-15-8-20(13-24(9-15)34(41,42)43)18-4-6-19(7-5-18)21-10-22(25-14-26(35)29(37)16(2)28(25)36)12-23(11-21)27-30(38)17(3)31(39)32(40)33(27)44/h6,14-15,17-18,20-24,31H,4-5,7-13H2,1-3H3. The summed E-state index contributed by atoms with van der Waals surface area (Å²) in [6, 6.07) is 0.849. The molecule has 0 heterocycles. The van der Waals surface area contributed by atoms with Crippen LogP contribution in [0.15, 0.2) is 38.5 Å². The van der Waals surface area contributed by atoms with E-state index < -0.39 is 70.7 Å². The first-order valence-corrected chi connectivity index (χ1v) is 16.6. The summed E-state index contributed by atoms with van der Waals surface area (Å²) >= 11 is 1.62. The molecular weight excluding hydrogens is 706 g/mol. The Morgan fingerprint density at radius 2 is 1.45 bits per heavy atom. The molecule has 0 amide bonds. The van der Waals surface area contributed by atoms with Crippen molar-refractivity contribution in [2.24, 2.45) is 41.4 Å². The van der Waals surface area contributed by atoms with Crippen molar-refractivity contribution >= 4 is 22.6 Å². The van der Waals surface area contributed by atoms with Gasteiger partial charge in [-0.05, 0) is 134 Å². The minimum Gasteiger partial charge on any atom is -0.239 e. The predicted molar refractivity (Wildman–Crippen MR) is 160 cm³/mol. The molecule has 0 spiro atoms. The largest absolute Gasteiger partial charge is 0.391 e. The Labute approximate surface area is 266 Å². The van der Waals surface area contributed by atoms with Crippen molar-refractivity contribution in [2.75, 3.05) is 0 Å². The highest BCUT2D eigenvalue weighted by Gasteiger charge is 2.46. The molecule has 0 N–H and O–H groups in total. The van der Waals surface area contributed by atoms with Gasteiger partial charge in [0, 0.05) is 17.1 Å². The number of halogens is 10. The Kier molecular flexibility index (Phi) is 9.99. The van der Waals surface area contributed by atoms with Crippen LogP contribution in [0.1, 0.15) is 88.7 Å². The number of hydrogen-bond acceptors (Lipinski definition) is 0. The van der Waals surface area contributed by atoms with E-state index in [2.05, 4.69) is 6.08 Å². The molecule has 0 aromatic heterocycles. The number of allylic oxidation sites excluding steroid dienone is 6. The average Bonchev–Trinajstić information content (AvgIpc) is 2.99. The van der Waals surface area contributed by atoms with E-state index in [0.29, 0.717) is 32.1 Å². The molecule has 0 saturated heterocycles. The quantitative estimate of drug-likeness (QED) is 0.125. The molecule has 4 aliphatic carbocycles. The zero-order valence-corrected chi connectivity index (χ0v) is 27.2. The maximum absolute atomic E-state index is 15.6. The molecule has 0 bridgehead atoms. The van der Waals surface area contributed by atoms with Gasteiger partial charge in [-0.3, -0.25) is 0 Å². The van der Waals surface area contributed by atoms with Crippen molar-refractivity contribution < 1.29 is 39.5 Å². The summed E-state index contributed by atoms with van der Waals surface area (Å²) in [5, 5.41) is 0. The summed E-state index contributed by atoms with van der Waals surface area (Å²) in [5.41, 5.74) is 0.615. The van der Waals surface area contributed by atoms with E-state index in [0.717, 1.165) is 25.0 Å². The Hall–Kier alpha value is -1.46. The van der Waals surface area contributed by atoms with Crippen LogP contribution < -0.4 is 0 Å². The van der Waals surface area contributed by atoms with E-state index in [4.69, 9.17) is 0 Å². The van der Waals surface area contributed by atoms with Crippen LogP contribution in [-0.2, 0) is 0 Å². The van der Waals surface area contributed by atoms with Crippen molar-refractivity contribution in [2.45, 2.75) is 96.8 Å². The molecule has 9 unspecified atom stereocenters. The van der Waals surface area contributed by atoms with E-state index >= 15 is 8.78 Å². The van der Waals surface area contributed by atoms with Gasteiger partial charge in [0.1, 0.15) is 17.5 Å². The van der Waals surface area contributed by atoms with Crippen LogP contribution in [0.3, 0.4) is 0 Å². The second-order valence-corrected chi connectivity index (χ2v) is 14.8. The van der Waals surface area contributed by atoms with Gasteiger partial charge < -0.3 is 0 Å². The van der Waals surface area contributed by atoms with Crippen LogP contribution in [-0.4, -0.2) is 12.3 Å². The van der Waals surface area contributed by atoms with Crippen molar-refractivity contribution in [1.82, 2.24) is 0 Å². The second kappa shape index (κ2) is 13.0. The Balaban J connectivity index is 1.45. The monoisotopic (exact) mass is 744 g/mol. The van der Waals surface area contributed by atoms with Crippen molar-refractivity contribution in [3.8, 4) is 0 Å². The fourth-order valence-corrected chi connectivity index (χ4v) is 9.46. The summed E-state index contributed by atoms with van der Waals surface area (Å²) in [7, 11) is 0. The third-order valence-corrected chi connectivity index (χ3v) is 12.0. The Bertz CT molecular complexity index is 1360. The van der Waals surface area contributed by atoms with Crippen LogP contribution in [0.25, 0.3) is 0 Å². The number of alkyl halides is 4. The molecular formula is C34H38F9I. The summed E-state index contributed by atoms with van der Waals surface area (Å²) in [5.74, 6) is -9.16. The zero-order valence-electron chi connectivity index (χ0n) is 25.0. The third-order valence-electron chi connectivity index (χ3n) is 10.9. The SMILES string of the molecule is Cc1c(F)c(F)cc(C2CC(C3=CCC(C4CC(C)CC(C(F)(F)F)C4)CC3)CC(C3=C(F)C(C)C(F)C(F)=C3I)C2)c1F. The van der Waals surface area contributed by atoms with Crippen molar-refractivity contribution in [3.63, 3.8) is 0 Å². The maximum atomic E-state index is 15.6. The second-order valence-electron chi connectivity index (χ2n) is 13.7. The molecule has 1 aromatic rings. The van der Waals surface area contributed by atoms with Gasteiger partial charge in [0.05, 0.1) is 9.50 Å². The van der Waals surface area contributed by atoms with Gasteiger partial charge in [-0.25, -0.2) is 26.3 Å². The molecule has 0 nitrogen and oxygen atoms in total. The van der Waals surface area contributed by atoms with Crippen LogP contribution in [0, 0.1) is 65.8 Å². The van der Waals surface area contributed by atoms with Gasteiger partial charge in [0.25, 0.3) is 0 Å². The minimum absolute atomic E-state index is 0.0130. The van der Waals surface area contributed by atoms with Crippen LogP contribution in [0.4, 0.5) is 39.5 Å². The molecule has 0 radical (unpaired) electrons. The van der Waals surface area contributed by atoms with Crippen molar-refractivity contribution in [3.05, 3.63) is 67.1 Å². The fourth-order valence-electron chi connectivity index (χ4n) is 8.47. The Morgan fingerprint density at radius 1 is 0.795 bits per heavy atom. The number of hydrogen-bond donors (Lipinski definition) is 0. The highest BCUT2D eigenvalue weighted by atomic mass is 127. The third kappa shape index (κ3) is 6.53. The smallest absolute Gasteiger partial charge is 0.239 e. The fraction of sp³-hybridized carbons (Fsp3) is 0.647. The summed E-state index contributed by atoms with van der Waals surface area (Å²) in [6.45, 7) is 4.31. The lowest BCUT2D eigenvalue weighted by molar-refractivity contribution is -0.191. The first-order chi connectivity index (χ1) is 20.6. The molecule has 9 atom stereocenters. The average molecular weight is 745 g/mol. The zero-order chi connectivity index (χ0) is 32.2. The van der Waals surface area contributed by atoms with Gasteiger partial charge in [0.2, 0.25) is 0 Å². The molecule has 10 heteroatoms.